The molecule has 1 aliphatic rings. The van der Waals surface area contributed by atoms with Gasteiger partial charge in [-0.25, -0.2) is 0 Å². The summed E-state index contributed by atoms with van der Waals surface area (Å²) in [6.45, 7) is 6.98. The minimum absolute atomic E-state index is 0.626. The molecule has 1 aromatic carbocycles. The van der Waals surface area contributed by atoms with Gasteiger partial charge in [0.15, 0.2) is 0 Å². The normalized spacial score (nSPS) is 18.5. The molecule has 3 heteroatoms. The third kappa shape index (κ3) is 2.27. The Kier molecular flexibility index (Phi) is 3.31. The fourth-order valence-electron chi connectivity index (χ4n) is 3.23. The average molecular weight is 257 g/mol. The summed E-state index contributed by atoms with van der Waals surface area (Å²) >= 11 is 0. The summed E-state index contributed by atoms with van der Waals surface area (Å²) in [6.07, 6.45) is 2.47. The fraction of sp³-hybridized carbons (Fsp3) is 0.562. The van der Waals surface area contributed by atoms with E-state index < -0.39 is 0 Å². The van der Waals surface area contributed by atoms with E-state index in [2.05, 4.69) is 50.1 Å². The highest BCUT2D eigenvalue weighted by molar-refractivity contribution is 5.82. The number of aryl methyl sites for hydroxylation is 1. The van der Waals surface area contributed by atoms with Crippen molar-refractivity contribution in [3.8, 4) is 0 Å². The number of rotatable bonds is 2. The second kappa shape index (κ2) is 4.97. The van der Waals surface area contributed by atoms with Crippen molar-refractivity contribution in [2.24, 2.45) is 7.05 Å². The number of hydrogen-bond acceptors (Lipinski definition) is 2. The maximum Gasteiger partial charge on any atom is 0.0735 e. The van der Waals surface area contributed by atoms with Gasteiger partial charge < -0.3 is 4.90 Å². The van der Waals surface area contributed by atoms with Crippen LogP contribution in [0.4, 0.5) is 0 Å². The number of fused-ring (bicyclic) bond motifs is 1. The summed E-state index contributed by atoms with van der Waals surface area (Å²) in [5, 5.41) is 6.12. The van der Waals surface area contributed by atoms with E-state index in [1.807, 2.05) is 4.68 Å². The van der Waals surface area contributed by atoms with Crippen molar-refractivity contribution in [3.05, 3.63) is 30.0 Å². The molecule has 3 nitrogen and oxygen atoms in total. The van der Waals surface area contributed by atoms with Gasteiger partial charge in [0.2, 0.25) is 0 Å². The van der Waals surface area contributed by atoms with Crippen LogP contribution in [-0.4, -0.2) is 33.8 Å². The number of piperidine rings is 1. The minimum Gasteiger partial charge on any atom is -0.301 e. The van der Waals surface area contributed by atoms with Crippen molar-refractivity contribution in [1.82, 2.24) is 14.7 Å². The predicted molar refractivity (Wildman–Crippen MR) is 79.4 cm³/mol. The van der Waals surface area contributed by atoms with Crippen molar-refractivity contribution in [1.29, 1.82) is 0 Å². The molecule has 1 aliphatic heterocycles. The van der Waals surface area contributed by atoms with Crippen LogP contribution in [0, 0.1) is 0 Å². The first kappa shape index (κ1) is 12.7. The predicted octanol–water partition coefficient (Wildman–Crippen LogP) is 3.16. The van der Waals surface area contributed by atoms with E-state index in [4.69, 9.17) is 5.10 Å². The van der Waals surface area contributed by atoms with Crippen LogP contribution in [0.1, 0.15) is 38.3 Å². The molecule has 1 fully saturated rings. The van der Waals surface area contributed by atoms with E-state index in [1.54, 1.807) is 0 Å². The Balaban J connectivity index is 1.86. The van der Waals surface area contributed by atoms with E-state index in [1.165, 1.54) is 42.5 Å². The van der Waals surface area contributed by atoms with Crippen LogP contribution in [0.15, 0.2) is 24.3 Å². The molecule has 0 unspecified atom stereocenters. The summed E-state index contributed by atoms with van der Waals surface area (Å²) in [5.74, 6) is 0.626. The molecule has 19 heavy (non-hydrogen) atoms. The summed E-state index contributed by atoms with van der Waals surface area (Å²) in [6, 6.07) is 9.26. The van der Waals surface area contributed by atoms with Gasteiger partial charge in [0.05, 0.1) is 11.2 Å². The molecule has 1 aromatic heterocycles. The number of aromatic nitrogens is 2. The topological polar surface area (TPSA) is 21.1 Å². The number of benzene rings is 1. The van der Waals surface area contributed by atoms with Crippen molar-refractivity contribution in [2.75, 3.05) is 13.1 Å². The molecular weight excluding hydrogens is 234 g/mol. The monoisotopic (exact) mass is 257 g/mol. The maximum absolute atomic E-state index is 4.78. The van der Waals surface area contributed by atoms with Crippen molar-refractivity contribution in [2.45, 2.75) is 38.6 Å². The Morgan fingerprint density at radius 2 is 1.84 bits per heavy atom. The third-order valence-corrected chi connectivity index (χ3v) is 4.43. The molecule has 3 rings (SSSR count). The van der Waals surface area contributed by atoms with Crippen LogP contribution in [0.2, 0.25) is 0 Å². The molecule has 0 bridgehead atoms. The summed E-state index contributed by atoms with van der Waals surface area (Å²) < 4.78 is 2.03. The molecule has 2 aromatic rings. The molecule has 102 valence electrons. The van der Waals surface area contributed by atoms with Gasteiger partial charge in [0.1, 0.15) is 0 Å². The molecule has 1 saturated heterocycles. The molecule has 0 saturated carbocycles. The molecule has 0 atom stereocenters. The number of para-hydroxylation sites is 1. The molecule has 0 aliphatic carbocycles. The maximum atomic E-state index is 4.78. The lowest BCUT2D eigenvalue weighted by Gasteiger charge is -2.34. The summed E-state index contributed by atoms with van der Waals surface area (Å²) in [5.41, 5.74) is 2.56. The standard InChI is InChI=1S/C16H23N3/c1-12(2)19-10-8-13(9-11-19)16-14-6-4-5-7-15(14)18(3)17-16/h4-7,12-13H,8-11H2,1-3H3. The number of likely N-dealkylation sites (tertiary alicyclic amines) is 1. The second-order valence-corrected chi connectivity index (χ2v) is 5.93. The minimum atomic E-state index is 0.626. The van der Waals surface area contributed by atoms with Crippen molar-refractivity contribution >= 4 is 10.9 Å². The highest BCUT2D eigenvalue weighted by atomic mass is 15.3. The average Bonchev–Trinajstić information content (AvgIpc) is 2.77. The number of nitrogens with zero attached hydrogens (tertiary/aromatic N) is 3. The molecule has 2 heterocycles. The van der Waals surface area contributed by atoms with Gasteiger partial charge in [0, 0.05) is 24.4 Å². The zero-order valence-electron chi connectivity index (χ0n) is 12.1. The molecule has 0 radical (unpaired) electrons. The van der Waals surface area contributed by atoms with Crippen LogP contribution < -0.4 is 0 Å². The Hall–Kier alpha value is -1.35. The zero-order chi connectivity index (χ0) is 13.4. The van der Waals surface area contributed by atoms with E-state index in [0.29, 0.717) is 12.0 Å². The number of hydrogen-bond donors (Lipinski definition) is 0. The Morgan fingerprint density at radius 1 is 1.16 bits per heavy atom. The summed E-state index contributed by atoms with van der Waals surface area (Å²) in [4.78, 5) is 2.57. The lowest BCUT2D eigenvalue weighted by Crippen LogP contribution is -2.37. The van der Waals surface area contributed by atoms with Crippen molar-refractivity contribution < 1.29 is 0 Å². The Bertz CT molecular complexity index is 562. The highest BCUT2D eigenvalue weighted by Crippen LogP contribution is 2.32. The Labute approximate surface area is 115 Å². The SMILES string of the molecule is CC(C)N1CCC(c2nn(C)c3ccccc23)CC1. The van der Waals surface area contributed by atoms with Crippen LogP contribution in [0.5, 0.6) is 0 Å². The smallest absolute Gasteiger partial charge is 0.0735 e. The zero-order valence-corrected chi connectivity index (χ0v) is 12.1. The lowest BCUT2D eigenvalue weighted by molar-refractivity contribution is 0.171. The molecule has 0 N–H and O–H groups in total. The van der Waals surface area contributed by atoms with Gasteiger partial charge in [-0.2, -0.15) is 5.10 Å². The van der Waals surface area contributed by atoms with E-state index >= 15 is 0 Å². The first-order valence-electron chi connectivity index (χ1n) is 7.32. The quantitative estimate of drug-likeness (QED) is 0.824. The van der Waals surface area contributed by atoms with Gasteiger partial charge in [-0.3, -0.25) is 4.68 Å². The fourth-order valence-corrected chi connectivity index (χ4v) is 3.23. The van der Waals surface area contributed by atoms with Gasteiger partial charge >= 0.3 is 0 Å². The van der Waals surface area contributed by atoms with Gasteiger partial charge in [-0.1, -0.05) is 18.2 Å². The van der Waals surface area contributed by atoms with E-state index in [-0.39, 0.29) is 0 Å². The highest BCUT2D eigenvalue weighted by Gasteiger charge is 2.25. The molecular formula is C16H23N3. The van der Waals surface area contributed by atoms with E-state index in [0.717, 1.165) is 0 Å². The van der Waals surface area contributed by atoms with Crippen LogP contribution >= 0.6 is 0 Å². The second-order valence-electron chi connectivity index (χ2n) is 5.93. The lowest BCUT2D eigenvalue weighted by atomic mass is 9.91. The van der Waals surface area contributed by atoms with Crippen molar-refractivity contribution in [3.63, 3.8) is 0 Å². The van der Waals surface area contributed by atoms with Gasteiger partial charge in [-0.15, -0.1) is 0 Å². The largest absolute Gasteiger partial charge is 0.301 e. The first-order valence-corrected chi connectivity index (χ1v) is 7.32. The van der Waals surface area contributed by atoms with E-state index in [9.17, 15) is 0 Å². The summed E-state index contributed by atoms with van der Waals surface area (Å²) in [7, 11) is 2.05. The Morgan fingerprint density at radius 3 is 2.53 bits per heavy atom. The molecule has 0 amide bonds. The van der Waals surface area contributed by atoms with Crippen LogP contribution in [0.3, 0.4) is 0 Å². The van der Waals surface area contributed by atoms with Crippen LogP contribution in [0.25, 0.3) is 10.9 Å². The first-order chi connectivity index (χ1) is 9.16. The molecule has 0 spiro atoms. The van der Waals surface area contributed by atoms with Gasteiger partial charge in [0.25, 0.3) is 0 Å². The third-order valence-electron chi connectivity index (χ3n) is 4.43. The van der Waals surface area contributed by atoms with Gasteiger partial charge in [-0.05, 0) is 45.8 Å². The van der Waals surface area contributed by atoms with Crippen LogP contribution in [-0.2, 0) is 7.05 Å².